The van der Waals surface area contributed by atoms with Gasteiger partial charge in [0.15, 0.2) is 4.90 Å². The Labute approximate surface area is 232 Å². The summed E-state index contributed by atoms with van der Waals surface area (Å²) < 4.78 is 42.8. The molecule has 1 N–H and O–H groups in total. The zero-order chi connectivity index (χ0) is 28.1. The number of nitrogens with zero attached hydrogens (tertiary/aromatic N) is 3. The van der Waals surface area contributed by atoms with E-state index < -0.39 is 20.6 Å². The van der Waals surface area contributed by atoms with Crippen LogP contribution in [0.1, 0.15) is 34.4 Å². The van der Waals surface area contributed by atoms with E-state index in [0.29, 0.717) is 18.7 Å². The van der Waals surface area contributed by atoms with Crippen LogP contribution < -0.4 is 5.32 Å². The summed E-state index contributed by atoms with van der Waals surface area (Å²) in [5.41, 5.74) is 3.66. The molecule has 0 radical (unpaired) electrons. The number of aryl methyl sites for hydroxylation is 1. The van der Waals surface area contributed by atoms with Crippen molar-refractivity contribution in [3.05, 3.63) is 135 Å². The summed E-state index contributed by atoms with van der Waals surface area (Å²) in [7, 11) is -4.23. The van der Waals surface area contributed by atoms with Crippen LogP contribution in [0.15, 0.2) is 96.0 Å². The van der Waals surface area contributed by atoms with Gasteiger partial charge in [0, 0.05) is 31.4 Å². The number of pyridine rings is 1. The number of halogens is 1. The molecule has 0 spiro atoms. The number of nitrogens with one attached hydrogen (secondary N) is 1. The van der Waals surface area contributed by atoms with Crippen molar-refractivity contribution in [3.63, 3.8) is 0 Å². The highest BCUT2D eigenvalue weighted by atomic mass is 32.2. The normalized spacial score (nSPS) is 15.1. The minimum atomic E-state index is -4.23. The Morgan fingerprint density at radius 1 is 0.950 bits per heavy atom. The number of fused-ring (bicyclic) bond motifs is 1. The first-order valence-electron chi connectivity index (χ1n) is 13.0. The van der Waals surface area contributed by atoms with Gasteiger partial charge in [0.1, 0.15) is 5.82 Å². The second-order valence-electron chi connectivity index (χ2n) is 9.83. The molecule has 206 valence electrons. The number of rotatable bonds is 10. The van der Waals surface area contributed by atoms with E-state index in [1.54, 1.807) is 30.5 Å². The van der Waals surface area contributed by atoms with Crippen LogP contribution in [-0.2, 0) is 42.5 Å². The highest BCUT2D eigenvalue weighted by Crippen LogP contribution is 2.29. The Morgan fingerprint density at radius 2 is 1.70 bits per heavy atom. The zero-order valence-electron chi connectivity index (χ0n) is 21.7. The van der Waals surface area contributed by atoms with Gasteiger partial charge in [-0.15, -0.1) is 0 Å². The molecule has 1 unspecified atom stereocenters. The number of hydrogen-bond acceptors (Lipinski definition) is 6. The molecule has 0 amide bonds. The molecule has 1 aliphatic rings. The van der Waals surface area contributed by atoms with E-state index in [2.05, 4.69) is 10.3 Å². The van der Waals surface area contributed by atoms with Gasteiger partial charge < -0.3 is 5.32 Å². The third-order valence-electron chi connectivity index (χ3n) is 7.15. The Morgan fingerprint density at radius 3 is 2.45 bits per heavy atom. The van der Waals surface area contributed by atoms with Gasteiger partial charge >= 0.3 is 0 Å². The van der Waals surface area contributed by atoms with Crippen molar-refractivity contribution < 1.29 is 17.7 Å². The average molecular weight is 561 g/mol. The maximum Gasteiger partial charge on any atom is 0.289 e. The molecule has 1 aliphatic carbocycles. The molecular weight excluding hydrogens is 531 g/mol. The molecule has 0 fully saturated rings. The van der Waals surface area contributed by atoms with Gasteiger partial charge in [-0.3, -0.25) is 15.1 Å². The summed E-state index contributed by atoms with van der Waals surface area (Å²) >= 11 is 0. The quantitative estimate of drug-likeness (QED) is 0.212. The monoisotopic (exact) mass is 560 g/mol. The third-order valence-corrected chi connectivity index (χ3v) is 8.99. The standard InChI is InChI=1S/C30H29FN4O4S/c31-28-8-5-6-24-15-16-25(18-27(24)28)33-19-22-11-13-23(14-12-22)20-34(21-26-7-3-4-17-32-26)40(38,39)30-10-2-1-9-29(30)35(36)37/h1-14,17,25,33H,15-16,18-21H2. The summed E-state index contributed by atoms with van der Waals surface area (Å²) in [6, 6.07) is 23.6. The molecule has 0 saturated heterocycles. The van der Waals surface area contributed by atoms with Crippen LogP contribution >= 0.6 is 0 Å². The number of sulfonamides is 1. The second kappa shape index (κ2) is 12.0. The highest BCUT2D eigenvalue weighted by Gasteiger charge is 2.32. The molecule has 0 saturated carbocycles. The van der Waals surface area contributed by atoms with E-state index in [1.807, 2.05) is 30.3 Å². The van der Waals surface area contributed by atoms with Gasteiger partial charge in [-0.1, -0.05) is 54.6 Å². The first kappa shape index (κ1) is 27.6. The number of hydrogen-bond donors (Lipinski definition) is 1. The molecule has 10 heteroatoms. The number of nitro benzene ring substituents is 1. The minimum Gasteiger partial charge on any atom is -0.310 e. The maximum atomic E-state index is 14.2. The van der Waals surface area contributed by atoms with Crippen molar-refractivity contribution in [1.29, 1.82) is 0 Å². The first-order chi connectivity index (χ1) is 19.3. The molecule has 1 atom stereocenters. The summed E-state index contributed by atoms with van der Waals surface area (Å²) in [6.45, 7) is 0.566. The fraction of sp³-hybridized carbons (Fsp3) is 0.233. The smallest absolute Gasteiger partial charge is 0.289 e. The lowest BCUT2D eigenvalue weighted by Gasteiger charge is -2.26. The maximum absolute atomic E-state index is 14.2. The SMILES string of the molecule is O=[N+]([O-])c1ccccc1S(=O)(=O)N(Cc1ccc(CNC2CCc3cccc(F)c3C2)cc1)Cc1ccccn1. The predicted molar refractivity (Wildman–Crippen MR) is 149 cm³/mol. The topological polar surface area (TPSA) is 105 Å². The van der Waals surface area contributed by atoms with Gasteiger partial charge in [0.2, 0.25) is 0 Å². The van der Waals surface area contributed by atoms with Crippen LogP contribution in [0.2, 0.25) is 0 Å². The Balaban J connectivity index is 1.31. The van der Waals surface area contributed by atoms with E-state index in [1.165, 1.54) is 34.6 Å². The lowest BCUT2D eigenvalue weighted by Crippen LogP contribution is -2.34. The molecule has 0 aliphatic heterocycles. The van der Waals surface area contributed by atoms with E-state index in [9.17, 15) is 22.9 Å². The highest BCUT2D eigenvalue weighted by molar-refractivity contribution is 7.89. The molecule has 1 heterocycles. The van der Waals surface area contributed by atoms with Crippen LogP contribution in [0.3, 0.4) is 0 Å². The average Bonchev–Trinajstić information content (AvgIpc) is 2.97. The molecule has 5 rings (SSSR count). The van der Waals surface area contributed by atoms with Crippen LogP contribution in [-0.4, -0.2) is 28.7 Å². The number of nitro groups is 1. The second-order valence-corrected chi connectivity index (χ2v) is 11.7. The van der Waals surface area contributed by atoms with E-state index in [0.717, 1.165) is 35.1 Å². The van der Waals surface area contributed by atoms with Crippen molar-refractivity contribution in [1.82, 2.24) is 14.6 Å². The third kappa shape index (κ3) is 6.25. The molecule has 4 aromatic rings. The summed E-state index contributed by atoms with van der Waals surface area (Å²) in [5.74, 6) is -0.153. The van der Waals surface area contributed by atoms with Crippen LogP contribution in [0.5, 0.6) is 0 Å². The van der Waals surface area contributed by atoms with Crippen LogP contribution in [0.25, 0.3) is 0 Å². The van der Waals surface area contributed by atoms with Crippen molar-refractivity contribution in [2.24, 2.45) is 0 Å². The number of para-hydroxylation sites is 1. The molecule has 3 aromatic carbocycles. The Kier molecular flexibility index (Phi) is 8.29. The molecule has 8 nitrogen and oxygen atoms in total. The summed E-state index contributed by atoms with van der Waals surface area (Å²) in [5, 5.41) is 15.1. The van der Waals surface area contributed by atoms with Crippen molar-refractivity contribution in [2.45, 2.75) is 49.8 Å². The first-order valence-corrected chi connectivity index (χ1v) is 14.5. The molecule has 1 aromatic heterocycles. The van der Waals surface area contributed by atoms with E-state index in [4.69, 9.17) is 0 Å². The molecular formula is C30H29FN4O4S. The largest absolute Gasteiger partial charge is 0.310 e. The molecule has 40 heavy (non-hydrogen) atoms. The fourth-order valence-electron chi connectivity index (χ4n) is 5.01. The van der Waals surface area contributed by atoms with Gasteiger partial charge in [-0.05, 0) is 65.8 Å². The predicted octanol–water partition coefficient (Wildman–Crippen LogP) is 5.17. The lowest BCUT2D eigenvalue weighted by atomic mass is 9.88. The molecule has 0 bridgehead atoms. The van der Waals surface area contributed by atoms with Crippen molar-refractivity contribution in [2.75, 3.05) is 0 Å². The van der Waals surface area contributed by atoms with Gasteiger partial charge in [-0.2, -0.15) is 4.31 Å². The van der Waals surface area contributed by atoms with E-state index >= 15 is 0 Å². The van der Waals surface area contributed by atoms with Crippen molar-refractivity contribution in [3.8, 4) is 0 Å². The minimum absolute atomic E-state index is 0.0113. The van der Waals surface area contributed by atoms with Gasteiger partial charge in [0.05, 0.1) is 17.2 Å². The Bertz CT molecular complexity index is 1600. The summed E-state index contributed by atoms with van der Waals surface area (Å²) in [4.78, 5) is 14.8. The van der Waals surface area contributed by atoms with Crippen molar-refractivity contribution >= 4 is 15.7 Å². The number of benzene rings is 3. The van der Waals surface area contributed by atoms with Gasteiger partial charge in [0.25, 0.3) is 15.7 Å². The van der Waals surface area contributed by atoms with Crippen LogP contribution in [0.4, 0.5) is 10.1 Å². The zero-order valence-corrected chi connectivity index (χ0v) is 22.6. The summed E-state index contributed by atoms with van der Waals surface area (Å²) in [6.07, 6.45) is 3.99. The number of aromatic nitrogens is 1. The fourth-order valence-corrected chi connectivity index (χ4v) is 6.57. The lowest BCUT2D eigenvalue weighted by molar-refractivity contribution is -0.387. The van der Waals surface area contributed by atoms with E-state index in [-0.39, 0.29) is 29.8 Å². The van der Waals surface area contributed by atoms with Crippen LogP contribution in [0, 0.1) is 15.9 Å². The van der Waals surface area contributed by atoms with Gasteiger partial charge in [-0.25, -0.2) is 12.8 Å². The Hall–Kier alpha value is -3.99.